The van der Waals surface area contributed by atoms with Crippen LogP contribution in [0.25, 0.3) is 0 Å². The fraction of sp³-hybridized carbons (Fsp3) is 0.350. The highest BCUT2D eigenvalue weighted by Crippen LogP contribution is 2.25. The largest absolute Gasteiger partial charge is 0.493 e. The summed E-state index contributed by atoms with van der Waals surface area (Å²) in [5.74, 6) is 0.130. The highest BCUT2D eigenvalue weighted by atomic mass is 32.2. The van der Waals surface area contributed by atoms with Crippen LogP contribution in [0.5, 0.6) is 5.75 Å². The molecule has 0 aromatic heterocycles. The number of nitrogens with one attached hydrogen (secondary N) is 1. The lowest BCUT2D eigenvalue weighted by Crippen LogP contribution is -2.40. The Morgan fingerprint density at radius 1 is 1.18 bits per heavy atom. The van der Waals surface area contributed by atoms with Gasteiger partial charge in [0.2, 0.25) is 10.0 Å². The first-order valence-corrected chi connectivity index (χ1v) is 10.6. The van der Waals surface area contributed by atoms with Crippen LogP contribution in [0.3, 0.4) is 0 Å². The lowest BCUT2D eigenvalue weighted by Gasteiger charge is -2.26. The van der Waals surface area contributed by atoms with E-state index in [9.17, 15) is 13.2 Å². The van der Waals surface area contributed by atoms with Crippen LogP contribution in [0.15, 0.2) is 47.4 Å². The number of hydrogen-bond donors (Lipinski definition) is 1. The van der Waals surface area contributed by atoms with Crippen LogP contribution in [-0.4, -0.2) is 51.5 Å². The van der Waals surface area contributed by atoms with Gasteiger partial charge in [0.1, 0.15) is 5.75 Å². The first-order chi connectivity index (χ1) is 13.4. The molecule has 2 aromatic carbocycles. The van der Waals surface area contributed by atoms with Gasteiger partial charge in [0.05, 0.1) is 30.3 Å². The van der Waals surface area contributed by atoms with Crippen molar-refractivity contribution in [2.45, 2.75) is 18.7 Å². The molecule has 1 fully saturated rings. The molecule has 0 spiro atoms. The standard InChI is InChI=1S/C20H24N2O5S/c1-3-27-19-7-5-4-6-17(19)20(23)21-18-14-16(9-8-15(18)2)28(24,25)22-10-12-26-13-11-22/h4-9,14H,3,10-13H2,1-2H3,(H,21,23). The molecule has 1 aliphatic heterocycles. The molecule has 1 N–H and O–H groups in total. The van der Waals surface area contributed by atoms with E-state index in [1.807, 2.05) is 13.8 Å². The van der Waals surface area contributed by atoms with Crippen molar-refractivity contribution in [2.24, 2.45) is 0 Å². The number of carbonyl (C=O) groups is 1. The van der Waals surface area contributed by atoms with Gasteiger partial charge < -0.3 is 14.8 Å². The predicted molar refractivity (Wildman–Crippen MR) is 106 cm³/mol. The molecule has 1 heterocycles. The second kappa shape index (κ2) is 8.72. The van der Waals surface area contributed by atoms with Gasteiger partial charge in [-0.2, -0.15) is 4.31 Å². The molecule has 1 aliphatic rings. The summed E-state index contributed by atoms with van der Waals surface area (Å²) in [6, 6.07) is 11.7. The molecule has 2 aromatic rings. The fourth-order valence-corrected chi connectivity index (χ4v) is 4.39. The maximum Gasteiger partial charge on any atom is 0.259 e. The molecule has 150 valence electrons. The van der Waals surface area contributed by atoms with E-state index < -0.39 is 10.0 Å². The minimum absolute atomic E-state index is 0.147. The summed E-state index contributed by atoms with van der Waals surface area (Å²) in [6.07, 6.45) is 0. The fourth-order valence-electron chi connectivity index (χ4n) is 2.96. The zero-order chi connectivity index (χ0) is 20.1. The van der Waals surface area contributed by atoms with Gasteiger partial charge in [-0.25, -0.2) is 8.42 Å². The van der Waals surface area contributed by atoms with Crippen LogP contribution in [0, 0.1) is 6.92 Å². The normalized spacial score (nSPS) is 15.2. The lowest BCUT2D eigenvalue weighted by atomic mass is 10.1. The minimum atomic E-state index is -3.64. The molecule has 0 radical (unpaired) electrons. The van der Waals surface area contributed by atoms with Crippen molar-refractivity contribution in [3.05, 3.63) is 53.6 Å². The van der Waals surface area contributed by atoms with E-state index in [4.69, 9.17) is 9.47 Å². The number of hydrogen-bond acceptors (Lipinski definition) is 5. The number of benzene rings is 2. The van der Waals surface area contributed by atoms with Gasteiger partial charge in [-0.15, -0.1) is 0 Å². The Morgan fingerprint density at radius 3 is 2.61 bits per heavy atom. The molecule has 1 amide bonds. The molecule has 8 heteroatoms. The molecule has 0 unspecified atom stereocenters. The van der Waals surface area contributed by atoms with Crippen molar-refractivity contribution in [2.75, 3.05) is 38.2 Å². The number of para-hydroxylation sites is 1. The summed E-state index contributed by atoms with van der Waals surface area (Å²) in [5, 5.41) is 2.81. The first-order valence-electron chi connectivity index (χ1n) is 9.15. The van der Waals surface area contributed by atoms with Gasteiger partial charge in [0.25, 0.3) is 5.91 Å². The zero-order valence-corrected chi connectivity index (χ0v) is 16.8. The number of nitrogens with zero attached hydrogens (tertiary/aromatic N) is 1. The van der Waals surface area contributed by atoms with Crippen molar-refractivity contribution in [3.8, 4) is 5.75 Å². The van der Waals surface area contributed by atoms with E-state index in [1.165, 1.54) is 10.4 Å². The molecule has 0 bridgehead atoms. The van der Waals surface area contributed by atoms with E-state index in [1.54, 1.807) is 36.4 Å². The van der Waals surface area contributed by atoms with E-state index in [0.717, 1.165) is 5.56 Å². The van der Waals surface area contributed by atoms with E-state index in [2.05, 4.69) is 5.32 Å². The van der Waals surface area contributed by atoms with Crippen LogP contribution in [0.4, 0.5) is 5.69 Å². The van der Waals surface area contributed by atoms with Gasteiger partial charge in [0.15, 0.2) is 0 Å². The molecule has 0 aliphatic carbocycles. The highest BCUT2D eigenvalue weighted by molar-refractivity contribution is 7.89. The van der Waals surface area contributed by atoms with Crippen molar-refractivity contribution in [3.63, 3.8) is 0 Å². The van der Waals surface area contributed by atoms with Crippen LogP contribution >= 0.6 is 0 Å². The molecule has 0 saturated carbocycles. The maximum atomic E-state index is 12.9. The second-order valence-electron chi connectivity index (χ2n) is 6.38. The predicted octanol–water partition coefficient (Wildman–Crippen LogP) is 2.67. The average molecular weight is 404 g/mol. The Balaban J connectivity index is 1.87. The van der Waals surface area contributed by atoms with Crippen molar-refractivity contribution in [1.82, 2.24) is 4.31 Å². The first kappa shape index (κ1) is 20.3. The van der Waals surface area contributed by atoms with Crippen LogP contribution in [0.2, 0.25) is 0 Å². The molecular weight excluding hydrogens is 380 g/mol. The van der Waals surface area contributed by atoms with Gasteiger partial charge in [-0.3, -0.25) is 4.79 Å². The molecular formula is C20H24N2O5S. The molecule has 1 saturated heterocycles. The van der Waals surface area contributed by atoms with Gasteiger partial charge >= 0.3 is 0 Å². The number of amides is 1. The van der Waals surface area contributed by atoms with Crippen molar-refractivity contribution >= 4 is 21.6 Å². The third-order valence-electron chi connectivity index (χ3n) is 4.50. The minimum Gasteiger partial charge on any atom is -0.493 e. The topological polar surface area (TPSA) is 84.9 Å². The van der Waals surface area contributed by atoms with Crippen molar-refractivity contribution in [1.29, 1.82) is 0 Å². The molecule has 3 rings (SSSR count). The van der Waals surface area contributed by atoms with E-state index >= 15 is 0 Å². The SMILES string of the molecule is CCOc1ccccc1C(=O)Nc1cc(S(=O)(=O)N2CCOCC2)ccc1C. The third-order valence-corrected chi connectivity index (χ3v) is 6.39. The Morgan fingerprint density at radius 2 is 1.89 bits per heavy atom. The average Bonchev–Trinajstić information content (AvgIpc) is 2.71. The number of ether oxygens (including phenoxy) is 2. The number of anilines is 1. The maximum absolute atomic E-state index is 12.9. The number of rotatable bonds is 6. The van der Waals surface area contributed by atoms with E-state index in [0.29, 0.717) is 49.9 Å². The van der Waals surface area contributed by atoms with E-state index in [-0.39, 0.29) is 10.8 Å². The zero-order valence-electron chi connectivity index (χ0n) is 16.0. The number of carbonyl (C=O) groups excluding carboxylic acids is 1. The quantitative estimate of drug-likeness (QED) is 0.800. The van der Waals surface area contributed by atoms with Crippen molar-refractivity contribution < 1.29 is 22.7 Å². The summed E-state index contributed by atoms with van der Waals surface area (Å²) in [4.78, 5) is 12.9. The summed E-state index contributed by atoms with van der Waals surface area (Å²) < 4.78 is 37.9. The lowest BCUT2D eigenvalue weighted by molar-refractivity contribution is 0.0730. The number of morpholine rings is 1. The van der Waals surface area contributed by atoms with Crippen LogP contribution in [0.1, 0.15) is 22.8 Å². The van der Waals surface area contributed by atoms with Gasteiger partial charge in [0, 0.05) is 18.8 Å². The Hall–Kier alpha value is -2.42. The Bertz CT molecular complexity index is 953. The third kappa shape index (κ3) is 4.35. The molecule has 0 atom stereocenters. The van der Waals surface area contributed by atoms with Gasteiger partial charge in [-0.1, -0.05) is 18.2 Å². The molecule has 7 nitrogen and oxygen atoms in total. The summed E-state index contributed by atoms with van der Waals surface area (Å²) in [5.41, 5.74) is 1.61. The molecule has 28 heavy (non-hydrogen) atoms. The summed E-state index contributed by atoms with van der Waals surface area (Å²) in [6.45, 7) is 5.50. The number of sulfonamides is 1. The van der Waals surface area contributed by atoms with Crippen LogP contribution < -0.4 is 10.1 Å². The second-order valence-corrected chi connectivity index (χ2v) is 8.31. The summed E-state index contributed by atoms with van der Waals surface area (Å²) >= 11 is 0. The summed E-state index contributed by atoms with van der Waals surface area (Å²) in [7, 11) is -3.64. The van der Waals surface area contributed by atoms with Crippen LogP contribution in [-0.2, 0) is 14.8 Å². The number of aryl methyl sites for hydroxylation is 1. The highest BCUT2D eigenvalue weighted by Gasteiger charge is 2.27. The Kier molecular flexibility index (Phi) is 6.33. The monoisotopic (exact) mass is 404 g/mol. The van der Waals surface area contributed by atoms with Gasteiger partial charge in [-0.05, 0) is 43.7 Å². The smallest absolute Gasteiger partial charge is 0.259 e. The Labute approximate surface area is 165 Å².